The zero-order chi connectivity index (χ0) is 24.0. The van der Waals surface area contributed by atoms with Gasteiger partial charge in [0.25, 0.3) is 0 Å². The van der Waals surface area contributed by atoms with Crippen molar-refractivity contribution in [2.45, 2.75) is 18.4 Å². The van der Waals surface area contributed by atoms with Crippen molar-refractivity contribution in [3.8, 4) is 22.9 Å². The van der Waals surface area contributed by atoms with Gasteiger partial charge in [-0.05, 0) is 42.5 Å². The summed E-state index contributed by atoms with van der Waals surface area (Å²) in [5, 5.41) is 6.55. The molecule has 1 amide bonds. The lowest BCUT2D eigenvalue weighted by molar-refractivity contribution is -0.114. The van der Waals surface area contributed by atoms with Crippen molar-refractivity contribution in [1.82, 2.24) is 14.4 Å². The highest BCUT2D eigenvalue weighted by Gasteiger charge is 2.26. The van der Waals surface area contributed by atoms with Gasteiger partial charge in [-0.1, -0.05) is 11.2 Å². The molecule has 0 aliphatic heterocycles. The second-order valence-corrected chi connectivity index (χ2v) is 8.81. The molecule has 0 aliphatic rings. The number of ether oxygens (including phenoxy) is 2. The fourth-order valence-electron chi connectivity index (χ4n) is 3.02. The molecule has 0 aliphatic carbocycles. The summed E-state index contributed by atoms with van der Waals surface area (Å²) in [5.41, 5.74) is 1.11. The standard InChI is InChI=1S/C22H24N4O6S/c1-5-12-26(33(28,29)18-9-7-17(8-10-18)23-15(2)27)14-21-24-22(25-32-21)16-6-11-19(30-3)20(13-16)31-4/h5-11,13H,1,12,14H2,2-4H3,(H,23,27). The zero-order valence-corrected chi connectivity index (χ0v) is 19.3. The summed E-state index contributed by atoms with van der Waals surface area (Å²) in [6.45, 7) is 4.89. The van der Waals surface area contributed by atoms with Crippen LogP contribution in [-0.4, -0.2) is 49.5 Å². The Morgan fingerprint density at radius 1 is 1.15 bits per heavy atom. The van der Waals surface area contributed by atoms with Gasteiger partial charge < -0.3 is 19.3 Å². The van der Waals surface area contributed by atoms with Crippen molar-refractivity contribution in [1.29, 1.82) is 0 Å². The first kappa shape index (κ1) is 24.0. The average Bonchev–Trinajstić information content (AvgIpc) is 3.27. The molecule has 0 bridgehead atoms. The smallest absolute Gasteiger partial charge is 0.243 e. The van der Waals surface area contributed by atoms with E-state index in [0.29, 0.717) is 22.7 Å². The lowest BCUT2D eigenvalue weighted by Gasteiger charge is -2.19. The number of nitrogens with zero attached hydrogens (tertiary/aromatic N) is 3. The van der Waals surface area contributed by atoms with Crippen LogP contribution in [-0.2, 0) is 21.4 Å². The van der Waals surface area contributed by atoms with Crippen LogP contribution in [0.4, 0.5) is 5.69 Å². The highest BCUT2D eigenvalue weighted by Crippen LogP contribution is 2.31. The molecule has 0 spiro atoms. The van der Waals surface area contributed by atoms with Gasteiger partial charge in [0.05, 0.1) is 25.7 Å². The van der Waals surface area contributed by atoms with Gasteiger partial charge in [0, 0.05) is 24.7 Å². The lowest BCUT2D eigenvalue weighted by atomic mass is 10.2. The third-order valence-electron chi connectivity index (χ3n) is 4.57. The SMILES string of the molecule is C=CCN(Cc1nc(-c2ccc(OC)c(OC)c2)no1)S(=O)(=O)c1ccc(NC(C)=O)cc1. The molecular formula is C22H24N4O6S. The minimum absolute atomic E-state index is 0.0316. The van der Waals surface area contributed by atoms with Crippen molar-refractivity contribution in [3.63, 3.8) is 0 Å². The molecule has 11 heteroatoms. The van der Waals surface area contributed by atoms with E-state index in [0.717, 1.165) is 0 Å². The molecule has 3 rings (SSSR count). The number of carbonyl (C=O) groups excluding carboxylic acids is 1. The minimum Gasteiger partial charge on any atom is -0.493 e. The average molecular weight is 473 g/mol. The molecule has 0 unspecified atom stereocenters. The molecule has 33 heavy (non-hydrogen) atoms. The fraction of sp³-hybridized carbons (Fsp3) is 0.227. The van der Waals surface area contributed by atoms with E-state index < -0.39 is 10.0 Å². The third kappa shape index (κ3) is 5.57. The van der Waals surface area contributed by atoms with E-state index in [1.54, 1.807) is 18.2 Å². The Bertz CT molecular complexity index is 1240. The van der Waals surface area contributed by atoms with E-state index in [2.05, 4.69) is 22.0 Å². The van der Waals surface area contributed by atoms with E-state index in [1.807, 2.05) is 0 Å². The van der Waals surface area contributed by atoms with Crippen molar-refractivity contribution >= 4 is 21.6 Å². The maximum Gasteiger partial charge on any atom is 0.243 e. The second-order valence-electron chi connectivity index (χ2n) is 6.87. The van der Waals surface area contributed by atoms with Crippen molar-refractivity contribution in [2.75, 3.05) is 26.1 Å². The number of aromatic nitrogens is 2. The number of methoxy groups -OCH3 is 2. The fourth-order valence-corrected chi connectivity index (χ4v) is 4.38. The first-order chi connectivity index (χ1) is 15.8. The van der Waals surface area contributed by atoms with Crippen LogP contribution in [0.2, 0.25) is 0 Å². The predicted molar refractivity (Wildman–Crippen MR) is 121 cm³/mol. The molecule has 174 valence electrons. The van der Waals surface area contributed by atoms with Gasteiger partial charge in [0.15, 0.2) is 11.5 Å². The number of anilines is 1. The first-order valence-electron chi connectivity index (χ1n) is 9.82. The van der Waals surface area contributed by atoms with Gasteiger partial charge >= 0.3 is 0 Å². The molecule has 0 saturated heterocycles. The van der Waals surface area contributed by atoms with Gasteiger partial charge in [-0.2, -0.15) is 9.29 Å². The lowest BCUT2D eigenvalue weighted by Crippen LogP contribution is -2.31. The summed E-state index contributed by atoms with van der Waals surface area (Å²) in [7, 11) is -0.845. The van der Waals surface area contributed by atoms with Crippen LogP contribution >= 0.6 is 0 Å². The maximum absolute atomic E-state index is 13.2. The van der Waals surface area contributed by atoms with Crippen molar-refractivity contribution < 1.29 is 27.2 Å². The van der Waals surface area contributed by atoms with Gasteiger partial charge in [-0.3, -0.25) is 4.79 Å². The number of amides is 1. The summed E-state index contributed by atoms with van der Waals surface area (Å²) in [6, 6.07) is 11.0. The van der Waals surface area contributed by atoms with Crippen LogP contribution in [0.25, 0.3) is 11.4 Å². The number of hydrogen-bond acceptors (Lipinski definition) is 8. The molecule has 1 heterocycles. The summed E-state index contributed by atoms with van der Waals surface area (Å²) < 4.78 is 43.3. The Morgan fingerprint density at radius 2 is 1.85 bits per heavy atom. The Kier molecular flexibility index (Phi) is 7.46. The first-order valence-corrected chi connectivity index (χ1v) is 11.3. The molecule has 1 N–H and O–H groups in total. The molecule has 0 fully saturated rings. The van der Waals surface area contributed by atoms with Gasteiger partial charge in [-0.25, -0.2) is 8.42 Å². The van der Waals surface area contributed by atoms with E-state index in [-0.39, 0.29) is 35.6 Å². The molecule has 0 radical (unpaired) electrons. The van der Waals surface area contributed by atoms with Crippen LogP contribution < -0.4 is 14.8 Å². The van der Waals surface area contributed by atoms with E-state index in [4.69, 9.17) is 14.0 Å². The highest BCUT2D eigenvalue weighted by atomic mass is 32.2. The summed E-state index contributed by atoms with van der Waals surface area (Å²) in [6.07, 6.45) is 1.47. The molecule has 0 atom stereocenters. The Hall–Kier alpha value is -3.70. The summed E-state index contributed by atoms with van der Waals surface area (Å²) in [4.78, 5) is 15.6. The maximum atomic E-state index is 13.2. The Morgan fingerprint density at radius 3 is 2.45 bits per heavy atom. The molecule has 10 nitrogen and oxygen atoms in total. The van der Waals surface area contributed by atoms with Gasteiger partial charge in [0.2, 0.25) is 27.6 Å². The largest absolute Gasteiger partial charge is 0.493 e. The van der Waals surface area contributed by atoms with E-state index >= 15 is 0 Å². The topological polar surface area (TPSA) is 124 Å². The van der Waals surface area contributed by atoms with Crippen molar-refractivity contribution in [2.24, 2.45) is 0 Å². The Labute approximate surface area is 191 Å². The number of hydrogen-bond donors (Lipinski definition) is 1. The Balaban J connectivity index is 1.83. The molecular weight excluding hydrogens is 448 g/mol. The quantitative estimate of drug-likeness (QED) is 0.447. The third-order valence-corrected chi connectivity index (χ3v) is 6.39. The van der Waals surface area contributed by atoms with Gasteiger partial charge in [-0.15, -0.1) is 6.58 Å². The molecule has 3 aromatic rings. The van der Waals surface area contributed by atoms with Crippen LogP contribution in [0.15, 0.2) is 64.5 Å². The molecule has 1 aromatic heterocycles. The highest BCUT2D eigenvalue weighted by molar-refractivity contribution is 7.89. The van der Waals surface area contributed by atoms with Crippen LogP contribution in [0, 0.1) is 0 Å². The normalized spacial score (nSPS) is 11.3. The predicted octanol–water partition coefficient (Wildman–Crippen LogP) is 3.09. The monoisotopic (exact) mass is 472 g/mol. The number of carbonyl (C=O) groups is 1. The zero-order valence-electron chi connectivity index (χ0n) is 18.4. The number of rotatable bonds is 10. The van der Waals surface area contributed by atoms with Crippen LogP contribution in [0.5, 0.6) is 11.5 Å². The minimum atomic E-state index is -3.90. The molecule has 0 saturated carbocycles. The number of sulfonamides is 1. The summed E-state index contributed by atoms with van der Waals surface area (Å²) >= 11 is 0. The number of benzene rings is 2. The van der Waals surface area contributed by atoms with E-state index in [1.165, 1.54) is 55.8 Å². The van der Waals surface area contributed by atoms with Gasteiger partial charge in [0.1, 0.15) is 0 Å². The van der Waals surface area contributed by atoms with Crippen molar-refractivity contribution in [3.05, 3.63) is 61.0 Å². The molecule has 2 aromatic carbocycles. The van der Waals surface area contributed by atoms with E-state index in [9.17, 15) is 13.2 Å². The number of nitrogens with one attached hydrogen (secondary N) is 1. The summed E-state index contributed by atoms with van der Waals surface area (Å²) in [5.74, 6) is 1.19. The van der Waals surface area contributed by atoms with Crippen LogP contribution in [0.1, 0.15) is 12.8 Å². The van der Waals surface area contributed by atoms with Crippen LogP contribution in [0.3, 0.4) is 0 Å². The second kappa shape index (κ2) is 10.3.